The second kappa shape index (κ2) is 4.45. The van der Waals surface area contributed by atoms with Crippen LogP contribution in [0.3, 0.4) is 0 Å². The summed E-state index contributed by atoms with van der Waals surface area (Å²) in [5.41, 5.74) is 0.154. The summed E-state index contributed by atoms with van der Waals surface area (Å²) in [6.45, 7) is 0.669. The predicted octanol–water partition coefficient (Wildman–Crippen LogP) is 0.994. The summed E-state index contributed by atoms with van der Waals surface area (Å²) >= 11 is 0. The quantitative estimate of drug-likeness (QED) is 0.848. The third-order valence-electron chi connectivity index (χ3n) is 2.74. The number of carboxylic acid groups (broad SMARTS) is 1. The van der Waals surface area contributed by atoms with Crippen LogP contribution in [0.4, 0.5) is 0 Å². The van der Waals surface area contributed by atoms with Crippen molar-refractivity contribution in [2.45, 2.75) is 12.5 Å². The van der Waals surface area contributed by atoms with Crippen LogP contribution in [0, 0.1) is 0 Å². The Hall–Kier alpha value is -2.04. The first-order valence-electron chi connectivity index (χ1n) is 5.33. The lowest BCUT2D eigenvalue weighted by molar-refractivity contribution is -0.132. The van der Waals surface area contributed by atoms with E-state index in [0.717, 1.165) is 0 Å². The van der Waals surface area contributed by atoms with E-state index in [4.69, 9.17) is 9.84 Å². The van der Waals surface area contributed by atoms with Crippen LogP contribution >= 0.6 is 0 Å². The Morgan fingerprint density at radius 2 is 2.29 bits per heavy atom. The first kappa shape index (κ1) is 11.4. The van der Waals surface area contributed by atoms with Crippen LogP contribution in [0.25, 0.3) is 0 Å². The number of rotatable bonds is 3. The smallest absolute Gasteiger partial charge is 0.335 e. The fourth-order valence-corrected chi connectivity index (χ4v) is 1.77. The first-order valence-corrected chi connectivity index (χ1v) is 5.33. The van der Waals surface area contributed by atoms with Gasteiger partial charge >= 0.3 is 5.97 Å². The Labute approximate surface area is 98.6 Å². The minimum atomic E-state index is -1.01. The number of aromatic carboxylic acids is 1. The molecule has 0 aliphatic carbocycles. The molecule has 17 heavy (non-hydrogen) atoms. The molecule has 1 aromatic rings. The summed E-state index contributed by atoms with van der Waals surface area (Å²) < 4.78 is 5.49. The van der Waals surface area contributed by atoms with E-state index >= 15 is 0 Å². The van der Waals surface area contributed by atoms with Gasteiger partial charge in [0.25, 0.3) is 5.91 Å². The Morgan fingerprint density at radius 1 is 1.53 bits per heavy atom. The second-order valence-corrected chi connectivity index (χ2v) is 3.99. The average molecular weight is 235 g/mol. The third-order valence-corrected chi connectivity index (χ3v) is 2.74. The summed E-state index contributed by atoms with van der Waals surface area (Å²) in [5, 5.41) is 8.83. The van der Waals surface area contributed by atoms with Gasteiger partial charge in [-0.3, -0.25) is 4.79 Å². The molecule has 1 fully saturated rings. The number of benzene rings is 1. The molecule has 0 saturated carbocycles. The van der Waals surface area contributed by atoms with Gasteiger partial charge in [0, 0.05) is 20.0 Å². The molecule has 1 aromatic carbocycles. The number of carbonyl (C=O) groups excluding carboxylic acids is 1. The highest BCUT2D eigenvalue weighted by Crippen LogP contribution is 2.19. The van der Waals surface area contributed by atoms with Gasteiger partial charge in [0.15, 0.2) is 6.10 Å². The van der Waals surface area contributed by atoms with Crippen LogP contribution in [0.5, 0.6) is 5.75 Å². The fourth-order valence-electron chi connectivity index (χ4n) is 1.77. The standard InChI is InChI=1S/C12H13NO4/c1-13-6-5-10(11(13)14)17-9-4-2-3-8(7-9)12(15)16/h2-4,7,10H,5-6H2,1H3,(H,15,16). The molecular weight excluding hydrogens is 222 g/mol. The maximum absolute atomic E-state index is 11.6. The van der Waals surface area contributed by atoms with E-state index in [2.05, 4.69) is 0 Å². The van der Waals surface area contributed by atoms with E-state index in [1.807, 2.05) is 0 Å². The molecule has 5 heteroatoms. The molecular formula is C12H13NO4. The average Bonchev–Trinajstić information content (AvgIpc) is 2.61. The summed E-state index contributed by atoms with van der Waals surface area (Å²) in [5.74, 6) is -0.658. The number of hydrogen-bond acceptors (Lipinski definition) is 3. The zero-order valence-corrected chi connectivity index (χ0v) is 9.42. The maximum atomic E-state index is 11.6. The Bertz CT molecular complexity index is 458. The molecule has 5 nitrogen and oxygen atoms in total. The molecule has 1 saturated heterocycles. The van der Waals surface area contributed by atoms with Crippen molar-refractivity contribution in [2.75, 3.05) is 13.6 Å². The van der Waals surface area contributed by atoms with Crippen LogP contribution in [0.1, 0.15) is 16.8 Å². The van der Waals surface area contributed by atoms with Gasteiger partial charge in [-0.25, -0.2) is 4.79 Å². The molecule has 1 N–H and O–H groups in total. The van der Waals surface area contributed by atoms with Gasteiger partial charge in [0.05, 0.1) is 5.56 Å². The van der Waals surface area contributed by atoms with Crippen LogP contribution in [0.15, 0.2) is 24.3 Å². The van der Waals surface area contributed by atoms with Gasteiger partial charge in [-0.1, -0.05) is 6.07 Å². The van der Waals surface area contributed by atoms with Crippen molar-refractivity contribution < 1.29 is 19.4 Å². The molecule has 0 radical (unpaired) electrons. The topological polar surface area (TPSA) is 66.8 Å². The molecule has 0 bridgehead atoms. The molecule has 1 atom stereocenters. The second-order valence-electron chi connectivity index (χ2n) is 3.99. The van der Waals surface area contributed by atoms with E-state index in [-0.39, 0.29) is 11.5 Å². The van der Waals surface area contributed by atoms with Crippen molar-refractivity contribution in [3.05, 3.63) is 29.8 Å². The SMILES string of the molecule is CN1CCC(Oc2cccc(C(=O)O)c2)C1=O. The van der Waals surface area contributed by atoms with Gasteiger partial charge in [0.2, 0.25) is 0 Å². The van der Waals surface area contributed by atoms with Crippen molar-refractivity contribution in [3.63, 3.8) is 0 Å². The van der Waals surface area contributed by atoms with Crippen LogP contribution in [-0.4, -0.2) is 41.6 Å². The molecule has 1 heterocycles. The summed E-state index contributed by atoms with van der Waals surface area (Å²) in [6.07, 6.45) is 0.135. The van der Waals surface area contributed by atoms with Crippen molar-refractivity contribution in [3.8, 4) is 5.75 Å². The number of nitrogens with zero attached hydrogens (tertiary/aromatic N) is 1. The Kier molecular flexibility index (Phi) is 2.99. The number of likely N-dealkylation sites (tertiary alicyclic amines) is 1. The highest BCUT2D eigenvalue weighted by atomic mass is 16.5. The number of carboxylic acids is 1. The zero-order valence-electron chi connectivity index (χ0n) is 9.42. The lowest BCUT2D eigenvalue weighted by Gasteiger charge is -2.13. The van der Waals surface area contributed by atoms with E-state index in [1.165, 1.54) is 12.1 Å². The highest BCUT2D eigenvalue weighted by molar-refractivity contribution is 5.88. The summed E-state index contributed by atoms with van der Waals surface area (Å²) in [4.78, 5) is 24.0. The third kappa shape index (κ3) is 2.38. The molecule has 0 spiro atoms. The minimum absolute atomic E-state index is 0.0641. The minimum Gasteiger partial charge on any atom is -0.481 e. The lowest BCUT2D eigenvalue weighted by atomic mass is 10.2. The molecule has 90 valence electrons. The Morgan fingerprint density at radius 3 is 2.88 bits per heavy atom. The molecule has 1 amide bonds. The fraction of sp³-hybridized carbons (Fsp3) is 0.333. The van der Waals surface area contributed by atoms with Gasteiger partial charge in [0.1, 0.15) is 5.75 Å². The van der Waals surface area contributed by atoms with Crippen molar-refractivity contribution >= 4 is 11.9 Å². The van der Waals surface area contributed by atoms with E-state index in [1.54, 1.807) is 24.1 Å². The van der Waals surface area contributed by atoms with Gasteiger partial charge in [-0.15, -0.1) is 0 Å². The number of ether oxygens (including phenoxy) is 1. The first-order chi connectivity index (χ1) is 8.08. The highest BCUT2D eigenvalue weighted by Gasteiger charge is 2.30. The number of hydrogen-bond donors (Lipinski definition) is 1. The number of carbonyl (C=O) groups is 2. The molecule has 1 aliphatic heterocycles. The summed E-state index contributed by atoms with van der Waals surface area (Å²) in [6, 6.07) is 6.16. The lowest BCUT2D eigenvalue weighted by Crippen LogP contribution is -2.29. The maximum Gasteiger partial charge on any atom is 0.335 e. The largest absolute Gasteiger partial charge is 0.481 e. The summed E-state index contributed by atoms with van der Waals surface area (Å²) in [7, 11) is 1.72. The normalized spacial score (nSPS) is 19.5. The predicted molar refractivity (Wildman–Crippen MR) is 60.1 cm³/mol. The van der Waals surface area contributed by atoms with E-state index in [0.29, 0.717) is 18.7 Å². The van der Waals surface area contributed by atoms with Crippen molar-refractivity contribution in [1.29, 1.82) is 0 Å². The molecule has 2 rings (SSSR count). The van der Waals surface area contributed by atoms with E-state index in [9.17, 15) is 9.59 Å². The Balaban J connectivity index is 2.11. The molecule has 1 aliphatic rings. The number of amides is 1. The monoisotopic (exact) mass is 235 g/mol. The van der Waals surface area contributed by atoms with Gasteiger partial charge < -0.3 is 14.7 Å². The zero-order chi connectivity index (χ0) is 12.4. The van der Waals surface area contributed by atoms with E-state index < -0.39 is 12.1 Å². The van der Waals surface area contributed by atoms with Crippen LogP contribution in [0.2, 0.25) is 0 Å². The van der Waals surface area contributed by atoms with Crippen molar-refractivity contribution in [1.82, 2.24) is 4.90 Å². The van der Waals surface area contributed by atoms with Gasteiger partial charge in [-0.2, -0.15) is 0 Å². The molecule has 1 unspecified atom stereocenters. The van der Waals surface area contributed by atoms with Crippen LogP contribution < -0.4 is 4.74 Å². The number of likely N-dealkylation sites (N-methyl/N-ethyl adjacent to an activating group) is 1. The van der Waals surface area contributed by atoms with Crippen molar-refractivity contribution in [2.24, 2.45) is 0 Å². The van der Waals surface area contributed by atoms with Crippen LogP contribution in [-0.2, 0) is 4.79 Å². The molecule has 0 aromatic heterocycles. The van der Waals surface area contributed by atoms with Gasteiger partial charge in [-0.05, 0) is 18.2 Å².